The zero-order chi connectivity index (χ0) is 14.9. The molecule has 0 aliphatic heterocycles. The van der Waals surface area contributed by atoms with E-state index in [0.29, 0.717) is 4.88 Å². The highest BCUT2D eigenvalue weighted by Gasteiger charge is 2.28. The molecule has 0 aliphatic rings. The minimum Gasteiger partial charge on any atom is -0.460 e. The molecule has 2 aromatic rings. The Balaban J connectivity index is 2.46. The van der Waals surface area contributed by atoms with Gasteiger partial charge < -0.3 is 9.15 Å². The monoisotopic (exact) mass is 301 g/mol. The number of rotatable bonds is 4. The van der Waals surface area contributed by atoms with Crippen molar-refractivity contribution in [2.75, 3.05) is 6.61 Å². The Hall–Kier alpha value is -1.76. The maximum Gasteiger partial charge on any atom is 0.376 e. The van der Waals surface area contributed by atoms with Gasteiger partial charge in [0.25, 0.3) is 6.43 Å². The summed E-state index contributed by atoms with van der Waals surface area (Å²) >= 11 is 1.37. The predicted molar refractivity (Wildman–Crippen MR) is 70.2 cm³/mol. The largest absolute Gasteiger partial charge is 0.460 e. The molecule has 0 fully saturated rings. The highest BCUT2D eigenvalue weighted by Crippen LogP contribution is 2.34. The molecular weight excluding hydrogens is 288 g/mol. The Bertz CT molecular complexity index is 614. The van der Waals surface area contributed by atoms with Crippen LogP contribution in [0.2, 0.25) is 0 Å². The molecule has 20 heavy (non-hydrogen) atoms. The van der Waals surface area contributed by atoms with E-state index in [2.05, 4.69) is 4.98 Å². The van der Waals surface area contributed by atoms with Crippen molar-refractivity contribution in [3.05, 3.63) is 28.0 Å². The average Bonchev–Trinajstić information content (AvgIpc) is 2.95. The van der Waals surface area contributed by atoms with Crippen molar-refractivity contribution in [3.63, 3.8) is 0 Å². The zero-order valence-corrected chi connectivity index (χ0v) is 12.0. The van der Waals surface area contributed by atoms with Gasteiger partial charge in [0.1, 0.15) is 0 Å². The molecule has 108 valence electrons. The Morgan fingerprint density at radius 3 is 2.70 bits per heavy atom. The van der Waals surface area contributed by atoms with Crippen molar-refractivity contribution in [1.82, 2.24) is 4.98 Å². The fraction of sp³-hybridized carbons (Fsp3) is 0.385. The lowest BCUT2D eigenvalue weighted by molar-refractivity contribution is 0.0476. The van der Waals surface area contributed by atoms with Crippen LogP contribution in [0.1, 0.15) is 40.0 Å². The number of carbonyl (C=O) groups excluding carboxylic acids is 1. The molecule has 0 atom stereocenters. The minimum atomic E-state index is -2.89. The molecule has 0 aliphatic carbocycles. The molecule has 0 saturated carbocycles. The second kappa shape index (κ2) is 5.70. The van der Waals surface area contributed by atoms with E-state index in [1.165, 1.54) is 11.3 Å². The second-order valence-electron chi connectivity index (χ2n) is 4.10. The number of esters is 1. The van der Waals surface area contributed by atoms with Gasteiger partial charge in [-0.3, -0.25) is 0 Å². The van der Waals surface area contributed by atoms with Crippen LogP contribution in [0.5, 0.6) is 0 Å². The summed E-state index contributed by atoms with van der Waals surface area (Å²) < 4.78 is 35.7. The van der Waals surface area contributed by atoms with Crippen LogP contribution in [-0.4, -0.2) is 17.6 Å². The molecule has 2 rings (SSSR count). The van der Waals surface area contributed by atoms with E-state index < -0.39 is 23.8 Å². The lowest BCUT2D eigenvalue weighted by atomic mass is 10.3. The van der Waals surface area contributed by atoms with Gasteiger partial charge in [0, 0.05) is 4.88 Å². The molecule has 0 radical (unpaired) electrons. The van der Waals surface area contributed by atoms with Crippen LogP contribution >= 0.6 is 11.3 Å². The van der Waals surface area contributed by atoms with E-state index in [1.54, 1.807) is 13.0 Å². The molecule has 2 heterocycles. The van der Waals surface area contributed by atoms with Gasteiger partial charge in [0.05, 0.1) is 11.5 Å². The first kappa shape index (κ1) is 14.6. The van der Waals surface area contributed by atoms with E-state index in [1.807, 2.05) is 13.8 Å². The number of alkyl halides is 2. The highest BCUT2D eigenvalue weighted by atomic mass is 32.1. The van der Waals surface area contributed by atoms with Gasteiger partial charge in [-0.25, -0.2) is 18.6 Å². The van der Waals surface area contributed by atoms with Crippen LogP contribution in [0.15, 0.2) is 10.5 Å². The van der Waals surface area contributed by atoms with Crippen LogP contribution < -0.4 is 0 Å². The number of oxazole rings is 1. The molecule has 0 spiro atoms. The number of aromatic nitrogens is 1. The van der Waals surface area contributed by atoms with Crippen molar-refractivity contribution >= 4 is 17.3 Å². The Morgan fingerprint density at radius 2 is 2.20 bits per heavy atom. The van der Waals surface area contributed by atoms with Crippen molar-refractivity contribution < 1.29 is 22.7 Å². The summed E-state index contributed by atoms with van der Waals surface area (Å²) in [6, 6.07) is 1.79. The van der Waals surface area contributed by atoms with E-state index in [-0.39, 0.29) is 12.5 Å². The van der Waals surface area contributed by atoms with Gasteiger partial charge in [-0.05, 0) is 32.4 Å². The summed E-state index contributed by atoms with van der Waals surface area (Å²) in [6.07, 6.45) is -2.89. The summed E-state index contributed by atoms with van der Waals surface area (Å²) in [5, 5.41) is 0. The van der Waals surface area contributed by atoms with Crippen molar-refractivity contribution in [3.8, 4) is 10.8 Å². The minimum absolute atomic E-state index is 0.0181. The van der Waals surface area contributed by atoms with Gasteiger partial charge in [-0.2, -0.15) is 0 Å². The van der Waals surface area contributed by atoms with Crippen molar-refractivity contribution in [2.24, 2.45) is 0 Å². The molecule has 0 amide bonds. The van der Waals surface area contributed by atoms with Crippen LogP contribution in [0.25, 0.3) is 10.8 Å². The lowest BCUT2D eigenvalue weighted by Crippen LogP contribution is -2.06. The fourth-order valence-corrected chi connectivity index (χ4v) is 2.57. The standard InChI is InChI=1S/C13H13F2NO3S/c1-4-18-13(17)10-9(11(14)15)16-12(19-10)8-5-6(2)7(3)20-8/h5,11H,4H2,1-3H3. The van der Waals surface area contributed by atoms with Gasteiger partial charge in [0.2, 0.25) is 11.7 Å². The molecule has 0 saturated heterocycles. The quantitative estimate of drug-likeness (QED) is 0.797. The predicted octanol–water partition coefficient (Wildman–Crippen LogP) is 4.13. The first-order valence-corrected chi connectivity index (χ1v) is 6.79. The van der Waals surface area contributed by atoms with E-state index in [0.717, 1.165) is 10.4 Å². The Morgan fingerprint density at radius 1 is 1.50 bits per heavy atom. The number of carbonyl (C=O) groups is 1. The molecule has 0 N–H and O–H groups in total. The third kappa shape index (κ3) is 2.72. The molecule has 0 aromatic carbocycles. The third-order valence-corrected chi connectivity index (χ3v) is 3.84. The SMILES string of the molecule is CCOC(=O)c1oc(-c2cc(C)c(C)s2)nc1C(F)F. The van der Waals surface area contributed by atoms with Crippen LogP contribution in [0, 0.1) is 13.8 Å². The summed E-state index contributed by atoms with van der Waals surface area (Å²) in [5.74, 6) is -1.43. The first-order valence-electron chi connectivity index (χ1n) is 5.97. The van der Waals surface area contributed by atoms with Gasteiger partial charge in [-0.15, -0.1) is 11.3 Å². The van der Waals surface area contributed by atoms with Gasteiger partial charge >= 0.3 is 5.97 Å². The summed E-state index contributed by atoms with van der Waals surface area (Å²) in [6.45, 7) is 5.48. The number of thiophene rings is 1. The summed E-state index contributed by atoms with van der Waals surface area (Å²) in [7, 11) is 0. The first-order chi connectivity index (χ1) is 9.43. The van der Waals surface area contributed by atoms with Crippen LogP contribution in [0.3, 0.4) is 0 Å². The highest BCUT2D eigenvalue weighted by molar-refractivity contribution is 7.15. The number of hydrogen-bond acceptors (Lipinski definition) is 5. The maximum atomic E-state index is 12.9. The fourth-order valence-electron chi connectivity index (χ4n) is 1.61. The smallest absolute Gasteiger partial charge is 0.376 e. The molecule has 2 aromatic heterocycles. The maximum absolute atomic E-state index is 12.9. The number of ether oxygens (including phenoxy) is 1. The average molecular weight is 301 g/mol. The van der Waals surface area contributed by atoms with Crippen LogP contribution in [-0.2, 0) is 4.74 Å². The van der Waals surface area contributed by atoms with E-state index >= 15 is 0 Å². The Labute approximate surface area is 118 Å². The zero-order valence-electron chi connectivity index (χ0n) is 11.2. The molecule has 0 bridgehead atoms. The van der Waals surface area contributed by atoms with Gasteiger partial charge in [-0.1, -0.05) is 0 Å². The van der Waals surface area contributed by atoms with E-state index in [4.69, 9.17) is 9.15 Å². The molecular formula is C13H13F2NO3S. The topological polar surface area (TPSA) is 52.3 Å². The Kier molecular flexibility index (Phi) is 4.17. The summed E-state index contributed by atoms with van der Waals surface area (Å²) in [5.41, 5.74) is 0.335. The normalized spacial score (nSPS) is 11.1. The molecule has 4 nitrogen and oxygen atoms in total. The van der Waals surface area contributed by atoms with Crippen molar-refractivity contribution in [2.45, 2.75) is 27.2 Å². The number of aryl methyl sites for hydroxylation is 2. The third-order valence-electron chi connectivity index (χ3n) is 2.70. The summed E-state index contributed by atoms with van der Waals surface area (Å²) in [4.78, 5) is 17.0. The number of nitrogens with zero attached hydrogens (tertiary/aromatic N) is 1. The number of halogens is 2. The lowest BCUT2D eigenvalue weighted by Gasteiger charge is -1.99. The van der Waals surface area contributed by atoms with E-state index in [9.17, 15) is 13.6 Å². The van der Waals surface area contributed by atoms with Gasteiger partial charge in [0.15, 0.2) is 5.69 Å². The molecule has 0 unspecified atom stereocenters. The molecule has 7 heteroatoms. The number of hydrogen-bond donors (Lipinski definition) is 0. The van der Waals surface area contributed by atoms with Crippen LogP contribution in [0.4, 0.5) is 8.78 Å². The second-order valence-corrected chi connectivity index (χ2v) is 5.36. The van der Waals surface area contributed by atoms with Crippen molar-refractivity contribution in [1.29, 1.82) is 0 Å².